The highest BCUT2D eigenvalue weighted by atomic mass is 32.2. The summed E-state index contributed by atoms with van der Waals surface area (Å²) in [7, 11) is 1.65. The molecule has 0 spiro atoms. The molecule has 0 saturated heterocycles. The lowest BCUT2D eigenvalue weighted by molar-refractivity contribution is -0.115. The third-order valence-electron chi connectivity index (χ3n) is 2.47. The van der Waals surface area contributed by atoms with Gasteiger partial charge in [-0.05, 0) is 12.5 Å². The van der Waals surface area contributed by atoms with Crippen LogP contribution < -0.4 is 11.3 Å². The predicted molar refractivity (Wildman–Crippen MR) is 74.2 cm³/mol. The Hall–Kier alpha value is -1.34. The number of carbonyl (C=O) groups excluding carboxylic acids is 1. The number of thioether (sulfide) groups is 1. The van der Waals surface area contributed by atoms with E-state index in [1.54, 1.807) is 7.05 Å². The van der Waals surface area contributed by atoms with Crippen LogP contribution in [0.1, 0.15) is 11.8 Å². The Balaban J connectivity index is 2.52. The van der Waals surface area contributed by atoms with Gasteiger partial charge in [-0.2, -0.15) is 0 Å². The molecule has 96 valence electrons. The second-order valence-corrected chi connectivity index (χ2v) is 5.86. The molecule has 2 rings (SSSR count). The Bertz CT molecular complexity index is 660. The molecule has 0 aliphatic carbocycles. The van der Waals surface area contributed by atoms with Crippen LogP contribution in [0, 0.1) is 0 Å². The summed E-state index contributed by atoms with van der Waals surface area (Å²) < 4.78 is 1.46. The highest BCUT2D eigenvalue weighted by Gasteiger charge is 2.12. The molecule has 0 aliphatic rings. The van der Waals surface area contributed by atoms with Crippen molar-refractivity contribution in [1.82, 2.24) is 9.55 Å². The number of nitrogens with zero attached hydrogens (tertiary/aromatic N) is 2. The van der Waals surface area contributed by atoms with Crippen molar-refractivity contribution in [3.05, 3.63) is 21.3 Å². The van der Waals surface area contributed by atoms with Crippen molar-refractivity contribution in [2.45, 2.75) is 18.5 Å². The van der Waals surface area contributed by atoms with E-state index in [2.05, 4.69) is 4.98 Å². The Morgan fingerprint density at radius 1 is 1.61 bits per heavy atom. The van der Waals surface area contributed by atoms with Gasteiger partial charge in [0.1, 0.15) is 4.83 Å². The average Bonchev–Trinajstić information content (AvgIpc) is 2.75. The fourth-order valence-electron chi connectivity index (χ4n) is 1.54. The lowest BCUT2D eigenvalue weighted by atomic mass is 10.3. The van der Waals surface area contributed by atoms with Crippen LogP contribution in [-0.2, 0) is 18.3 Å². The zero-order chi connectivity index (χ0) is 13.3. The first-order valence-corrected chi connectivity index (χ1v) is 7.23. The lowest BCUT2D eigenvalue weighted by Crippen LogP contribution is -2.20. The predicted octanol–water partition coefficient (Wildman–Crippen LogP) is 1.13. The van der Waals surface area contributed by atoms with E-state index in [1.165, 1.54) is 27.7 Å². The summed E-state index contributed by atoms with van der Waals surface area (Å²) >= 11 is 2.70. The van der Waals surface area contributed by atoms with E-state index in [9.17, 15) is 9.59 Å². The Morgan fingerprint density at radius 2 is 2.33 bits per heavy atom. The molecule has 5 nitrogen and oxygen atoms in total. The van der Waals surface area contributed by atoms with Gasteiger partial charge < -0.3 is 5.73 Å². The van der Waals surface area contributed by atoms with Crippen molar-refractivity contribution in [2.24, 2.45) is 12.8 Å². The van der Waals surface area contributed by atoms with E-state index >= 15 is 0 Å². The highest BCUT2D eigenvalue weighted by molar-refractivity contribution is 7.99. The number of fused-ring (bicyclic) bond motifs is 1. The quantitative estimate of drug-likeness (QED) is 0.674. The summed E-state index contributed by atoms with van der Waals surface area (Å²) in [4.78, 5) is 29.2. The summed E-state index contributed by atoms with van der Waals surface area (Å²) in [6.45, 7) is 2.04. The van der Waals surface area contributed by atoms with Crippen molar-refractivity contribution in [3.8, 4) is 0 Å². The fraction of sp³-hybridized carbons (Fsp3) is 0.364. The van der Waals surface area contributed by atoms with Crippen molar-refractivity contribution in [3.63, 3.8) is 0 Å². The van der Waals surface area contributed by atoms with Gasteiger partial charge in [-0.15, -0.1) is 11.3 Å². The first kappa shape index (κ1) is 13.1. The third kappa shape index (κ3) is 2.41. The number of nitrogens with two attached hydrogens (primary N) is 1. The van der Waals surface area contributed by atoms with E-state index in [0.29, 0.717) is 10.5 Å². The molecule has 7 heteroatoms. The number of hydrogen-bond acceptors (Lipinski definition) is 5. The van der Waals surface area contributed by atoms with Gasteiger partial charge in [0.05, 0.1) is 11.1 Å². The van der Waals surface area contributed by atoms with E-state index in [-0.39, 0.29) is 11.3 Å². The van der Waals surface area contributed by atoms with Gasteiger partial charge >= 0.3 is 0 Å². The van der Waals surface area contributed by atoms with E-state index in [1.807, 2.05) is 13.0 Å². The molecule has 2 aromatic rings. The SMILES string of the molecule is CCc1cc2c(=O)n(C)c(SCC(N)=O)nc2s1. The van der Waals surface area contributed by atoms with Crippen LogP contribution in [0.2, 0.25) is 0 Å². The average molecular weight is 283 g/mol. The Kier molecular flexibility index (Phi) is 3.72. The van der Waals surface area contributed by atoms with Crippen molar-refractivity contribution in [1.29, 1.82) is 0 Å². The minimum Gasteiger partial charge on any atom is -0.369 e. The summed E-state index contributed by atoms with van der Waals surface area (Å²) in [6.07, 6.45) is 0.883. The van der Waals surface area contributed by atoms with Crippen LogP contribution >= 0.6 is 23.1 Å². The molecule has 0 unspecified atom stereocenters. The normalized spacial score (nSPS) is 11.0. The maximum absolute atomic E-state index is 12.1. The maximum atomic E-state index is 12.1. The van der Waals surface area contributed by atoms with Crippen molar-refractivity contribution in [2.75, 3.05) is 5.75 Å². The Labute approximate surface area is 112 Å². The highest BCUT2D eigenvalue weighted by Crippen LogP contribution is 2.24. The minimum absolute atomic E-state index is 0.0806. The van der Waals surface area contributed by atoms with Gasteiger partial charge in [-0.25, -0.2) is 4.98 Å². The van der Waals surface area contributed by atoms with Crippen molar-refractivity contribution < 1.29 is 4.79 Å². The third-order valence-corrected chi connectivity index (χ3v) is 4.70. The lowest BCUT2D eigenvalue weighted by Gasteiger charge is -2.05. The van der Waals surface area contributed by atoms with Crippen LogP contribution in [-0.4, -0.2) is 21.2 Å². The van der Waals surface area contributed by atoms with E-state index in [0.717, 1.165) is 16.1 Å². The van der Waals surface area contributed by atoms with Gasteiger partial charge in [0, 0.05) is 11.9 Å². The number of aromatic nitrogens is 2. The molecule has 2 heterocycles. The molecular weight excluding hydrogens is 270 g/mol. The molecule has 2 N–H and O–H groups in total. The zero-order valence-electron chi connectivity index (χ0n) is 10.1. The topological polar surface area (TPSA) is 78.0 Å². The largest absolute Gasteiger partial charge is 0.369 e. The van der Waals surface area contributed by atoms with Gasteiger partial charge in [0.25, 0.3) is 5.56 Å². The van der Waals surface area contributed by atoms with E-state index in [4.69, 9.17) is 5.73 Å². The van der Waals surface area contributed by atoms with E-state index < -0.39 is 5.91 Å². The van der Waals surface area contributed by atoms with Gasteiger partial charge in [-0.1, -0.05) is 18.7 Å². The molecule has 0 aliphatic heterocycles. The number of carbonyl (C=O) groups is 1. The molecular formula is C11H13N3O2S2. The molecule has 2 aromatic heterocycles. The van der Waals surface area contributed by atoms with Crippen LogP contribution in [0.15, 0.2) is 16.0 Å². The molecule has 0 aromatic carbocycles. The first-order chi connectivity index (χ1) is 8.52. The van der Waals surface area contributed by atoms with Gasteiger partial charge in [-0.3, -0.25) is 14.2 Å². The van der Waals surface area contributed by atoms with Crippen LogP contribution in [0.25, 0.3) is 10.2 Å². The molecule has 1 amide bonds. The fourth-order valence-corrected chi connectivity index (χ4v) is 3.26. The monoisotopic (exact) mass is 283 g/mol. The van der Waals surface area contributed by atoms with Gasteiger partial charge in [0.15, 0.2) is 5.16 Å². The van der Waals surface area contributed by atoms with Crippen LogP contribution in [0.3, 0.4) is 0 Å². The van der Waals surface area contributed by atoms with Crippen molar-refractivity contribution >= 4 is 39.2 Å². The second-order valence-electron chi connectivity index (χ2n) is 3.80. The molecule has 0 atom stereocenters. The first-order valence-electron chi connectivity index (χ1n) is 5.43. The molecule has 0 saturated carbocycles. The number of primary amides is 1. The standard InChI is InChI=1S/C11H13N3O2S2/c1-3-6-4-7-9(18-6)13-11(14(2)10(7)16)17-5-8(12)15/h4H,3,5H2,1-2H3,(H2,12,15). The number of aryl methyl sites for hydroxylation is 1. The minimum atomic E-state index is -0.422. The molecule has 18 heavy (non-hydrogen) atoms. The van der Waals surface area contributed by atoms with Gasteiger partial charge in [0.2, 0.25) is 5.91 Å². The second kappa shape index (κ2) is 5.11. The zero-order valence-corrected chi connectivity index (χ0v) is 11.7. The summed E-state index contributed by atoms with van der Waals surface area (Å²) in [5.74, 6) is -0.299. The molecule has 0 radical (unpaired) electrons. The molecule has 0 bridgehead atoms. The summed E-state index contributed by atoms with van der Waals surface area (Å²) in [5, 5.41) is 1.17. The van der Waals surface area contributed by atoms with Crippen LogP contribution in [0.5, 0.6) is 0 Å². The summed E-state index contributed by atoms with van der Waals surface area (Å²) in [5.41, 5.74) is 5.01. The smallest absolute Gasteiger partial charge is 0.262 e. The number of rotatable bonds is 4. The molecule has 0 fully saturated rings. The maximum Gasteiger partial charge on any atom is 0.262 e. The number of thiophene rings is 1. The summed E-state index contributed by atoms with van der Waals surface area (Å²) in [6, 6.07) is 1.89. The Morgan fingerprint density at radius 3 is 2.94 bits per heavy atom. The number of hydrogen-bond donors (Lipinski definition) is 1. The number of amides is 1. The van der Waals surface area contributed by atoms with Crippen LogP contribution in [0.4, 0.5) is 0 Å².